The van der Waals surface area contributed by atoms with Gasteiger partial charge in [-0.05, 0) is 43.0 Å². The Balaban J connectivity index is 2.08. The van der Waals surface area contributed by atoms with Gasteiger partial charge in [0, 0.05) is 13.1 Å². The standard InChI is InChI=1S/C32H43N3O7Si/c1-21(36)34-19-25(23-16-12-9-13-17-23)35(29(39)28(34)32(5,31(2,3)4)42-43(6)7)20-26(37)33-24(27(38)30(40)41)18-22-14-10-8-11-15-22/h8-17,19,24,27-28,38,43H,18,20H2,1-7H3,(H,33,37)(H,40,41)/t24-,27?,28?,32?/m0/s1. The molecule has 11 heteroatoms. The number of aliphatic hydroxyl groups is 1. The summed E-state index contributed by atoms with van der Waals surface area (Å²) in [5, 5.41) is 22.6. The Kier molecular flexibility index (Phi) is 10.7. The Morgan fingerprint density at radius 2 is 1.56 bits per heavy atom. The Morgan fingerprint density at radius 3 is 2.05 bits per heavy atom. The van der Waals surface area contributed by atoms with Gasteiger partial charge in [-0.25, -0.2) is 4.79 Å². The first-order valence-electron chi connectivity index (χ1n) is 14.4. The summed E-state index contributed by atoms with van der Waals surface area (Å²) in [5.41, 5.74) is -0.0320. The van der Waals surface area contributed by atoms with Gasteiger partial charge in [0.05, 0.1) is 17.3 Å². The molecule has 3 unspecified atom stereocenters. The third-order valence-corrected chi connectivity index (χ3v) is 8.80. The van der Waals surface area contributed by atoms with Gasteiger partial charge in [0.2, 0.25) is 11.8 Å². The molecule has 43 heavy (non-hydrogen) atoms. The zero-order valence-electron chi connectivity index (χ0n) is 25.9. The third-order valence-electron chi connectivity index (χ3n) is 7.84. The number of nitrogens with zero attached hydrogens (tertiary/aromatic N) is 2. The van der Waals surface area contributed by atoms with Gasteiger partial charge in [0.15, 0.2) is 15.1 Å². The number of aliphatic carboxylic acids is 1. The van der Waals surface area contributed by atoms with Gasteiger partial charge in [0.25, 0.3) is 5.91 Å². The molecule has 3 amide bonds. The van der Waals surface area contributed by atoms with Crippen LogP contribution < -0.4 is 5.32 Å². The fourth-order valence-electron chi connectivity index (χ4n) is 5.26. The van der Waals surface area contributed by atoms with E-state index in [0.717, 1.165) is 5.56 Å². The van der Waals surface area contributed by atoms with E-state index in [0.29, 0.717) is 11.3 Å². The van der Waals surface area contributed by atoms with Gasteiger partial charge in [0.1, 0.15) is 12.6 Å². The number of amides is 3. The van der Waals surface area contributed by atoms with Crippen LogP contribution in [0.3, 0.4) is 0 Å². The molecule has 232 valence electrons. The van der Waals surface area contributed by atoms with Gasteiger partial charge < -0.3 is 24.9 Å². The first-order chi connectivity index (χ1) is 20.1. The van der Waals surface area contributed by atoms with Gasteiger partial charge in [-0.15, -0.1) is 0 Å². The van der Waals surface area contributed by atoms with Crippen molar-refractivity contribution in [3.8, 4) is 0 Å². The number of aliphatic hydroxyl groups excluding tert-OH is 1. The van der Waals surface area contributed by atoms with Crippen molar-refractivity contribution < 1.29 is 33.8 Å². The monoisotopic (exact) mass is 609 g/mol. The molecule has 4 atom stereocenters. The molecule has 0 saturated carbocycles. The summed E-state index contributed by atoms with van der Waals surface area (Å²) in [7, 11) is -1.74. The van der Waals surface area contributed by atoms with E-state index in [1.165, 1.54) is 16.7 Å². The highest BCUT2D eigenvalue weighted by molar-refractivity contribution is 6.48. The molecule has 3 rings (SSSR count). The van der Waals surface area contributed by atoms with Crippen molar-refractivity contribution in [1.29, 1.82) is 0 Å². The van der Waals surface area contributed by atoms with Crippen LogP contribution in [0, 0.1) is 5.41 Å². The smallest absolute Gasteiger partial charge is 0.334 e. The van der Waals surface area contributed by atoms with E-state index in [4.69, 9.17) is 4.43 Å². The molecule has 10 nitrogen and oxygen atoms in total. The highest BCUT2D eigenvalue weighted by Gasteiger charge is 2.55. The highest BCUT2D eigenvalue weighted by atomic mass is 28.3. The first-order valence-corrected chi connectivity index (χ1v) is 17.1. The Morgan fingerprint density at radius 1 is 1.00 bits per heavy atom. The molecule has 3 N–H and O–H groups in total. The maximum atomic E-state index is 14.6. The predicted molar refractivity (Wildman–Crippen MR) is 166 cm³/mol. The van der Waals surface area contributed by atoms with Gasteiger partial charge in [-0.3, -0.25) is 19.3 Å². The minimum Gasteiger partial charge on any atom is -0.479 e. The summed E-state index contributed by atoms with van der Waals surface area (Å²) in [6, 6.07) is 15.6. The van der Waals surface area contributed by atoms with E-state index in [2.05, 4.69) is 5.32 Å². The second-order valence-corrected chi connectivity index (χ2v) is 14.6. The lowest BCUT2D eigenvalue weighted by molar-refractivity contribution is -0.159. The van der Waals surface area contributed by atoms with Crippen LogP contribution >= 0.6 is 0 Å². The molecule has 0 fully saturated rings. The van der Waals surface area contributed by atoms with Crippen molar-refractivity contribution in [1.82, 2.24) is 15.1 Å². The van der Waals surface area contributed by atoms with E-state index in [-0.39, 0.29) is 12.3 Å². The van der Waals surface area contributed by atoms with Crippen molar-refractivity contribution in [3.05, 3.63) is 78.0 Å². The van der Waals surface area contributed by atoms with Crippen LogP contribution in [-0.2, 0) is 30.0 Å². The van der Waals surface area contributed by atoms with Crippen LogP contribution in [0.25, 0.3) is 5.70 Å². The van der Waals surface area contributed by atoms with Crippen LogP contribution in [0.5, 0.6) is 0 Å². The van der Waals surface area contributed by atoms with Gasteiger partial charge in [-0.1, -0.05) is 81.4 Å². The minimum atomic E-state index is -1.88. The third kappa shape index (κ3) is 7.78. The molecule has 2 aromatic rings. The number of nitrogens with one attached hydrogen (secondary N) is 1. The van der Waals surface area contributed by atoms with E-state index in [1.54, 1.807) is 54.7 Å². The number of carbonyl (C=O) groups is 4. The molecule has 0 aliphatic carbocycles. The fourth-order valence-corrected chi connectivity index (χ4v) is 6.72. The number of carboxylic acid groups (broad SMARTS) is 1. The van der Waals surface area contributed by atoms with Crippen LogP contribution in [-0.4, -0.2) is 83.1 Å². The van der Waals surface area contributed by atoms with Crippen LogP contribution in [0.1, 0.15) is 45.7 Å². The number of carboxylic acids is 1. The summed E-state index contributed by atoms with van der Waals surface area (Å²) < 4.78 is 6.54. The Labute approximate surface area is 255 Å². The van der Waals surface area contributed by atoms with E-state index in [9.17, 15) is 29.4 Å². The molecule has 1 aliphatic rings. The lowest BCUT2D eigenvalue weighted by Gasteiger charge is -2.53. The molecule has 0 saturated heterocycles. The molecular formula is C32H43N3O7Si. The fraction of sp³-hybridized carbons (Fsp3) is 0.438. The lowest BCUT2D eigenvalue weighted by atomic mass is 9.71. The summed E-state index contributed by atoms with van der Waals surface area (Å²) in [6.07, 6.45) is -0.231. The minimum absolute atomic E-state index is 0.0606. The molecule has 2 aromatic carbocycles. The first kappa shape index (κ1) is 33.7. The van der Waals surface area contributed by atoms with Crippen LogP contribution in [0.4, 0.5) is 0 Å². The Bertz CT molecular complexity index is 1340. The number of hydrogen-bond donors (Lipinski definition) is 3. The molecule has 0 aromatic heterocycles. The van der Waals surface area contributed by atoms with E-state index in [1.807, 2.05) is 52.9 Å². The van der Waals surface area contributed by atoms with Crippen molar-refractivity contribution in [3.63, 3.8) is 0 Å². The SMILES string of the molecule is CC(=O)N1C=C(c2ccccc2)N(CC(=O)N[C@@H](Cc2ccccc2)C(O)C(=O)O)C(=O)C1C(C)(O[SiH](C)C)C(C)(C)C. The molecular weight excluding hydrogens is 566 g/mol. The zero-order chi connectivity index (χ0) is 32.1. The van der Waals surface area contributed by atoms with Crippen molar-refractivity contribution in [2.24, 2.45) is 5.41 Å². The second-order valence-electron chi connectivity index (χ2n) is 12.3. The Hall–Kier alpha value is -3.80. The second kappa shape index (κ2) is 13.7. The average Bonchev–Trinajstić information content (AvgIpc) is 2.92. The van der Waals surface area contributed by atoms with Gasteiger partial charge in [-0.2, -0.15) is 0 Å². The number of carbonyl (C=O) groups excluding carboxylic acids is 3. The largest absolute Gasteiger partial charge is 0.479 e. The zero-order valence-corrected chi connectivity index (χ0v) is 27.1. The van der Waals surface area contributed by atoms with Crippen molar-refractivity contribution in [2.45, 2.75) is 77.9 Å². The quantitative estimate of drug-likeness (QED) is 0.333. The number of hydrogen-bond acceptors (Lipinski definition) is 6. The average molecular weight is 610 g/mol. The number of benzene rings is 2. The maximum absolute atomic E-state index is 14.6. The summed E-state index contributed by atoms with van der Waals surface area (Å²) in [4.78, 5) is 55.6. The lowest BCUT2D eigenvalue weighted by Crippen LogP contribution is -2.67. The van der Waals surface area contributed by atoms with Crippen LogP contribution in [0.15, 0.2) is 66.9 Å². The highest BCUT2D eigenvalue weighted by Crippen LogP contribution is 2.43. The summed E-state index contributed by atoms with van der Waals surface area (Å²) in [6.45, 7) is 12.6. The maximum Gasteiger partial charge on any atom is 0.334 e. The summed E-state index contributed by atoms with van der Waals surface area (Å²) >= 11 is 0. The van der Waals surface area contributed by atoms with Crippen molar-refractivity contribution in [2.75, 3.05) is 6.54 Å². The number of rotatable bonds is 11. The van der Waals surface area contributed by atoms with E-state index >= 15 is 0 Å². The van der Waals surface area contributed by atoms with E-state index < -0.39 is 62.6 Å². The molecule has 1 heterocycles. The van der Waals surface area contributed by atoms with Crippen molar-refractivity contribution >= 4 is 38.4 Å². The topological polar surface area (TPSA) is 136 Å². The van der Waals surface area contributed by atoms with Crippen LogP contribution in [0.2, 0.25) is 13.1 Å². The summed E-state index contributed by atoms with van der Waals surface area (Å²) in [5.74, 6) is -3.00. The normalized spacial score (nSPS) is 18.5. The molecule has 0 bridgehead atoms. The molecule has 0 radical (unpaired) electrons. The predicted octanol–water partition coefficient (Wildman–Crippen LogP) is 3.02. The molecule has 1 aliphatic heterocycles. The molecule has 0 spiro atoms. The van der Waals surface area contributed by atoms with Gasteiger partial charge >= 0.3 is 5.97 Å².